The van der Waals surface area contributed by atoms with Gasteiger partial charge in [0.2, 0.25) is 0 Å². The van der Waals surface area contributed by atoms with Gasteiger partial charge in [0.15, 0.2) is 0 Å². The predicted molar refractivity (Wildman–Crippen MR) is 111 cm³/mol. The highest BCUT2D eigenvalue weighted by Gasteiger charge is 2.24. The first kappa shape index (κ1) is 19.1. The molecule has 1 atom stereocenters. The minimum absolute atomic E-state index is 0.00279. The molecule has 1 amide bonds. The van der Waals surface area contributed by atoms with E-state index in [0.29, 0.717) is 31.0 Å². The van der Waals surface area contributed by atoms with Crippen LogP contribution in [-0.2, 0) is 17.9 Å². The molecular formula is C21H22N2O3S2. The van der Waals surface area contributed by atoms with E-state index in [1.54, 1.807) is 28.2 Å². The van der Waals surface area contributed by atoms with Crippen molar-refractivity contribution >= 4 is 28.6 Å². The maximum atomic E-state index is 13.3. The minimum atomic E-state index is 0.00279. The first-order valence-electron chi connectivity index (χ1n) is 9.31. The molecule has 3 aromatic rings. The van der Waals surface area contributed by atoms with E-state index in [9.17, 15) is 4.79 Å². The lowest BCUT2D eigenvalue weighted by molar-refractivity contribution is 0.0509. The lowest BCUT2D eigenvalue weighted by Gasteiger charge is -2.25. The normalized spacial score (nSPS) is 16.2. The lowest BCUT2D eigenvalue weighted by Crippen LogP contribution is -2.36. The molecule has 1 aliphatic heterocycles. The number of aromatic nitrogens is 1. The zero-order chi connectivity index (χ0) is 19.2. The Morgan fingerprint density at radius 3 is 3.04 bits per heavy atom. The maximum absolute atomic E-state index is 13.3. The second-order valence-corrected chi connectivity index (χ2v) is 8.45. The van der Waals surface area contributed by atoms with Crippen LogP contribution in [0, 0.1) is 0 Å². The van der Waals surface area contributed by atoms with Crippen molar-refractivity contribution in [2.75, 3.05) is 13.2 Å². The number of thiophene rings is 1. The summed E-state index contributed by atoms with van der Waals surface area (Å²) < 4.78 is 11.6. The van der Waals surface area contributed by atoms with Crippen molar-refractivity contribution in [1.82, 2.24) is 9.88 Å². The summed E-state index contributed by atoms with van der Waals surface area (Å²) >= 11 is 3.21. The van der Waals surface area contributed by atoms with Crippen LogP contribution in [0.3, 0.4) is 0 Å². The fourth-order valence-electron chi connectivity index (χ4n) is 3.21. The molecule has 0 N–H and O–H groups in total. The average molecular weight is 415 g/mol. The summed E-state index contributed by atoms with van der Waals surface area (Å²) in [7, 11) is 0. The zero-order valence-corrected chi connectivity index (χ0v) is 17.1. The van der Waals surface area contributed by atoms with Crippen molar-refractivity contribution in [2.45, 2.75) is 32.1 Å². The highest BCUT2D eigenvalue weighted by molar-refractivity contribution is 7.09. The van der Waals surface area contributed by atoms with Gasteiger partial charge in [-0.1, -0.05) is 12.1 Å². The van der Waals surface area contributed by atoms with Gasteiger partial charge in [-0.25, -0.2) is 4.98 Å². The fourth-order valence-corrected chi connectivity index (χ4v) is 4.47. The molecule has 2 aromatic heterocycles. The number of ether oxygens (including phenoxy) is 2. The molecule has 5 nitrogen and oxygen atoms in total. The molecule has 1 unspecified atom stereocenters. The molecule has 1 aliphatic rings. The molecule has 1 saturated heterocycles. The van der Waals surface area contributed by atoms with Crippen molar-refractivity contribution in [3.63, 3.8) is 0 Å². The lowest BCUT2D eigenvalue weighted by atomic mass is 10.1. The molecule has 3 heterocycles. The topological polar surface area (TPSA) is 51.7 Å². The molecule has 7 heteroatoms. The van der Waals surface area contributed by atoms with Crippen molar-refractivity contribution in [3.05, 3.63) is 68.8 Å². The quantitative estimate of drug-likeness (QED) is 0.540. The third-order valence-corrected chi connectivity index (χ3v) is 6.11. The number of carbonyl (C=O) groups is 1. The van der Waals surface area contributed by atoms with Crippen LogP contribution in [0.5, 0.6) is 5.75 Å². The van der Waals surface area contributed by atoms with Crippen LogP contribution in [0.1, 0.15) is 33.8 Å². The van der Waals surface area contributed by atoms with Crippen LogP contribution in [0.2, 0.25) is 0 Å². The fraction of sp³-hybridized carbons (Fsp3) is 0.333. The molecule has 0 bridgehead atoms. The van der Waals surface area contributed by atoms with Gasteiger partial charge in [0, 0.05) is 29.0 Å². The van der Waals surface area contributed by atoms with E-state index >= 15 is 0 Å². The monoisotopic (exact) mass is 414 g/mol. The van der Waals surface area contributed by atoms with Crippen molar-refractivity contribution in [2.24, 2.45) is 0 Å². The standard InChI is InChI=1S/C21H22N2O3S2/c24-21(16-4-1-5-18(10-16)26-13-17-14-27-15-22-17)23(11-19-6-2-8-25-19)12-20-7-3-9-28-20/h1,3-5,7,9-10,14-15,19H,2,6,8,11-13H2. The van der Waals surface area contributed by atoms with E-state index in [1.165, 1.54) is 4.88 Å². The van der Waals surface area contributed by atoms with E-state index in [1.807, 2.05) is 46.0 Å². The number of carbonyl (C=O) groups excluding carboxylic acids is 1. The van der Waals surface area contributed by atoms with Crippen LogP contribution in [0.4, 0.5) is 0 Å². The summed E-state index contributed by atoms with van der Waals surface area (Å²) in [4.78, 5) is 20.5. The van der Waals surface area contributed by atoms with Gasteiger partial charge in [0.05, 0.1) is 23.9 Å². The highest BCUT2D eigenvalue weighted by atomic mass is 32.1. The Kier molecular flexibility index (Phi) is 6.36. The first-order valence-corrected chi connectivity index (χ1v) is 11.1. The smallest absolute Gasteiger partial charge is 0.254 e. The van der Waals surface area contributed by atoms with E-state index in [0.717, 1.165) is 25.1 Å². The molecule has 4 rings (SSSR count). The van der Waals surface area contributed by atoms with Crippen molar-refractivity contribution in [1.29, 1.82) is 0 Å². The van der Waals surface area contributed by atoms with Gasteiger partial charge in [0.1, 0.15) is 12.4 Å². The molecule has 1 aromatic carbocycles. The van der Waals surface area contributed by atoms with Crippen molar-refractivity contribution in [3.8, 4) is 5.75 Å². The Morgan fingerprint density at radius 1 is 1.32 bits per heavy atom. The first-order chi connectivity index (χ1) is 13.8. The summed E-state index contributed by atoms with van der Waals surface area (Å²) in [6, 6.07) is 11.5. The van der Waals surface area contributed by atoms with Gasteiger partial charge in [-0.15, -0.1) is 22.7 Å². The molecule has 1 fully saturated rings. The summed E-state index contributed by atoms with van der Waals surface area (Å²) in [5.74, 6) is 0.676. The second-order valence-electron chi connectivity index (χ2n) is 6.70. The van der Waals surface area contributed by atoms with Crippen LogP contribution in [-0.4, -0.2) is 35.0 Å². The summed E-state index contributed by atoms with van der Waals surface area (Å²) in [5, 5.41) is 4.00. The largest absolute Gasteiger partial charge is 0.487 e. The van der Waals surface area contributed by atoms with Gasteiger partial charge in [-0.3, -0.25) is 4.79 Å². The third kappa shape index (κ3) is 4.98. The highest BCUT2D eigenvalue weighted by Crippen LogP contribution is 2.21. The van der Waals surface area contributed by atoms with Gasteiger partial charge >= 0.3 is 0 Å². The number of rotatable bonds is 8. The van der Waals surface area contributed by atoms with Gasteiger partial charge < -0.3 is 14.4 Å². The Balaban J connectivity index is 1.47. The SMILES string of the molecule is O=C(c1cccc(OCc2cscn2)c1)N(Cc1cccs1)CC1CCCO1. The van der Waals surface area contributed by atoms with Crippen LogP contribution < -0.4 is 4.74 Å². The molecule has 0 spiro atoms. The Morgan fingerprint density at radius 2 is 2.29 bits per heavy atom. The maximum Gasteiger partial charge on any atom is 0.254 e. The third-order valence-electron chi connectivity index (χ3n) is 4.61. The minimum Gasteiger partial charge on any atom is -0.487 e. The summed E-state index contributed by atoms with van der Waals surface area (Å²) in [6.45, 7) is 2.39. The Hall–Kier alpha value is -2.22. The van der Waals surface area contributed by atoms with Gasteiger partial charge in [-0.05, 0) is 42.5 Å². The molecular weight excluding hydrogens is 392 g/mol. The number of hydrogen-bond acceptors (Lipinski definition) is 6. The molecule has 28 heavy (non-hydrogen) atoms. The molecule has 0 aliphatic carbocycles. The van der Waals surface area contributed by atoms with Crippen LogP contribution in [0.25, 0.3) is 0 Å². The van der Waals surface area contributed by atoms with Crippen LogP contribution >= 0.6 is 22.7 Å². The summed E-state index contributed by atoms with van der Waals surface area (Å²) in [5.41, 5.74) is 3.30. The average Bonchev–Trinajstić information content (AvgIpc) is 3.49. The van der Waals surface area contributed by atoms with E-state index in [4.69, 9.17) is 9.47 Å². The second kappa shape index (κ2) is 9.32. The number of benzene rings is 1. The number of amides is 1. The number of hydrogen-bond donors (Lipinski definition) is 0. The van der Waals surface area contributed by atoms with E-state index in [2.05, 4.69) is 11.1 Å². The van der Waals surface area contributed by atoms with E-state index < -0.39 is 0 Å². The van der Waals surface area contributed by atoms with Gasteiger partial charge in [0.25, 0.3) is 5.91 Å². The molecule has 0 saturated carbocycles. The molecule has 146 valence electrons. The number of nitrogens with zero attached hydrogens (tertiary/aromatic N) is 2. The predicted octanol–water partition coefficient (Wildman–Crippen LogP) is 4.61. The Labute approximate surface area is 172 Å². The Bertz CT molecular complexity index is 875. The number of thiazole rings is 1. The van der Waals surface area contributed by atoms with Crippen molar-refractivity contribution < 1.29 is 14.3 Å². The van der Waals surface area contributed by atoms with Gasteiger partial charge in [-0.2, -0.15) is 0 Å². The zero-order valence-electron chi connectivity index (χ0n) is 15.5. The summed E-state index contributed by atoms with van der Waals surface area (Å²) in [6.07, 6.45) is 2.18. The van der Waals surface area contributed by atoms with E-state index in [-0.39, 0.29) is 12.0 Å². The molecule has 0 radical (unpaired) electrons. The van der Waals surface area contributed by atoms with Crippen LogP contribution in [0.15, 0.2) is 52.7 Å².